The maximum atomic E-state index is 13.3. The van der Waals surface area contributed by atoms with Gasteiger partial charge in [-0.15, -0.1) is 0 Å². The van der Waals surface area contributed by atoms with Crippen molar-refractivity contribution < 1.29 is 33.4 Å². The average molecular weight is 512 g/mol. The predicted octanol–water partition coefficient (Wildman–Crippen LogP) is 3.61. The van der Waals surface area contributed by atoms with Gasteiger partial charge in [-0.1, -0.05) is 17.7 Å². The van der Waals surface area contributed by atoms with Crippen molar-refractivity contribution in [3.63, 3.8) is 0 Å². The molecule has 1 aliphatic rings. The Bertz CT molecular complexity index is 1410. The molecule has 3 N–H and O–H groups in total. The number of anilines is 1. The number of carboxylic acids is 1. The summed E-state index contributed by atoms with van der Waals surface area (Å²) in [6.45, 7) is 0. The van der Waals surface area contributed by atoms with Gasteiger partial charge in [-0.25, -0.2) is 14.2 Å². The van der Waals surface area contributed by atoms with Crippen LogP contribution in [0.25, 0.3) is 6.08 Å². The first-order valence-corrected chi connectivity index (χ1v) is 10.6. The number of rotatable bonds is 4. The highest BCUT2D eigenvalue weighted by Gasteiger charge is 2.33. The number of pyridine rings is 1. The second kappa shape index (κ2) is 10.8. The standard InChI is InChI=1S/C18H11ClFNO4.C7H8N2O2/c1-21-15-5-3-10(18(24)25)8-11(15)16(22)12(17(21)23)6-9-2-4-14(20)13(19)7-9;1-11-6-3-2-5(4-9-6)7(8)10/h2-8H,1H3,(H,24,25);2-4H,1H3,(H2,8,10)/b12-6-;. The summed E-state index contributed by atoms with van der Waals surface area (Å²) >= 11 is 5.72. The highest BCUT2D eigenvalue weighted by atomic mass is 35.5. The molecular formula is C25H19ClFN3O6. The molecule has 11 heteroatoms. The molecule has 184 valence electrons. The molecule has 2 heterocycles. The lowest BCUT2D eigenvalue weighted by molar-refractivity contribution is -0.114. The SMILES string of the molecule is CN1C(=O)/C(=C\c2ccc(F)c(Cl)c2)C(=O)c2cc(C(=O)O)ccc21.COc1ccc(C(N)=O)cn1. The van der Waals surface area contributed by atoms with Crippen LogP contribution in [0.5, 0.6) is 5.88 Å². The molecule has 1 aliphatic heterocycles. The molecule has 36 heavy (non-hydrogen) atoms. The van der Waals surface area contributed by atoms with Crippen LogP contribution in [0.15, 0.2) is 60.3 Å². The monoisotopic (exact) mass is 511 g/mol. The first-order chi connectivity index (χ1) is 17.0. The van der Waals surface area contributed by atoms with Crippen molar-refractivity contribution in [2.75, 3.05) is 19.1 Å². The molecule has 0 aliphatic carbocycles. The zero-order valence-corrected chi connectivity index (χ0v) is 19.7. The molecule has 4 rings (SSSR count). The Morgan fingerprint density at radius 2 is 1.81 bits per heavy atom. The van der Waals surface area contributed by atoms with Gasteiger partial charge < -0.3 is 20.5 Å². The Hall–Kier alpha value is -4.57. The number of ketones is 1. The second-order valence-corrected chi connectivity index (χ2v) is 7.82. The number of halogens is 2. The van der Waals surface area contributed by atoms with E-state index in [1.807, 2.05) is 0 Å². The second-order valence-electron chi connectivity index (χ2n) is 7.42. The fourth-order valence-electron chi connectivity index (χ4n) is 3.22. The minimum absolute atomic E-state index is 0.0565. The van der Waals surface area contributed by atoms with Crippen molar-refractivity contribution in [3.05, 3.63) is 93.4 Å². The number of nitrogens with two attached hydrogens (primary N) is 1. The molecule has 2 aromatic carbocycles. The minimum Gasteiger partial charge on any atom is -0.481 e. The molecule has 0 bridgehead atoms. The molecule has 1 aromatic heterocycles. The number of carboxylic acid groups (broad SMARTS) is 1. The normalized spacial score (nSPS) is 13.6. The predicted molar refractivity (Wildman–Crippen MR) is 130 cm³/mol. The van der Waals surface area contributed by atoms with Gasteiger partial charge in [-0.05, 0) is 48.0 Å². The van der Waals surface area contributed by atoms with E-state index in [-0.39, 0.29) is 21.7 Å². The topological polar surface area (TPSA) is 140 Å². The molecule has 0 fully saturated rings. The number of amides is 2. The number of likely N-dealkylation sites (N-methyl/N-ethyl adjacent to an activating group) is 1. The number of Topliss-reactive ketones (excluding diaryl/α,β-unsaturated/α-hetero) is 1. The molecule has 0 radical (unpaired) electrons. The number of primary amides is 1. The summed E-state index contributed by atoms with van der Waals surface area (Å²) in [5.41, 5.74) is 5.98. The van der Waals surface area contributed by atoms with E-state index in [9.17, 15) is 23.6 Å². The summed E-state index contributed by atoms with van der Waals surface area (Å²) in [6, 6.07) is 10.9. The summed E-state index contributed by atoms with van der Waals surface area (Å²) in [5.74, 6) is -2.94. The van der Waals surface area contributed by atoms with Crippen LogP contribution in [0.1, 0.15) is 36.6 Å². The van der Waals surface area contributed by atoms with E-state index >= 15 is 0 Å². The van der Waals surface area contributed by atoms with Gasteiger partial charge >= 0.3 is 5.97 Å². The van der Waals surface area contributed by atoms with Gasteiger partial charge in [0.25, 0.3) is 5.91 Å². The van der Waals surface area contributed by atoms with Crippen LogP contribution in [0.3, 0.4) is 0 Å². The molecule has 3 aromatic rings. The van der Waals surface area contributed by atoms with Gasteiger partial charge in [0.1, 0.15) is 5.82 Å². The van der Waals surface area contributed by atoms with Crippen LogP contribution in [0.2, 0.25) is 5.02 Å². The van der Waals surface area contributed by atoms with Crippen LogP contribution in [-0.2, 0) is 4.79 Å². The first-order valence-electron chi connectivity index (χ1n) is 10.2. The van der Waals surface area contributed by atoms with Crippen LogP contribution in [0, 0.1) is 5.82 Å². The maximum Gasteiger partial charge on any atom is 0.335 e. The van der Waals surface area contributed by atoms with Gasteiger partial charge in [0.15, 0.2) is 0 Å². The fourth-order valence-corrected chi connectivity index (χ4v) is 3.41. The third kappa shape index (κ3) is 5.56. The summed E-state index contributed by atoms with van der Waals surface area (Å²) in [6.07, 6.45) is 2.68. The largest absolute Gasteiger partial charge is 0.481 e. The van der Waals surface area contributed by atoms with Crippen LogP contribution in [-0.4, -0.2) is 47.8 Å². The fraction of sp³-hybridized carbons (Fsp3) is 0.0800. The number of nitrogens with zero attached hydrogens (tertiary/aromatic N) is 2. The molecule has 0 atom stereocenters. The Morgan fingerprint density at radius 3 is 2.36 bits per heavy atom. The summed E-state index contributed by atoms with van der Waals surface area (Å²) in [4.78, 5) is 51.9. The Kier molecular flexibility index (Phi) is 7.80. The third-order valence-electron chi connectivity index (χ3n) is 5.11. The number of hydrogen-bond acceptors (Lipinski definition) is 6. The van der Waals surface area contributed by atoms with E-state index in [1.54, 1.807) is 12.1 Å². The molecule has 0 unspecified atom stereocenters. The highest BCUT2D eigenvalue weighted by molar-refractivity contribution is 6.37. The lowest BCUT2D eigenvalue weighted by Crippen LogP contribution is -2.36. The smallest absolute Gasteiger partial charge is 0.335 e. The summed E-state index contributed by atoms with van der Waals surface area (Å²) in [7, 11) is 2.99. The quantitative estimate of drug-likeness (QED) is 0.402. The number of carbonyl (C=O) groups is 4. The van der Waals surface area contributed by atoms with E-state index in [2.05, 4.69) is 4.98 Å². The van der Waals surface area contributed by atoms with Crippen molar-refractivity contribution in [2.45, 2.75) is 0 Å². The Labute approximate surface area is 209 Å². The Balaban J connectivity index is 0.000000275. The Morgan fingerprint density at radius 1 is 1.11 bits per heavy atom. The van der Waals surface area contributed by atoms with Crippen molar-refractivity contribution in [1.29, 1.82) is 0 Å². The van der Waals surface area contributed by atoms with Crippen molar-refractivity contribution in [2.24, 2.45) is 5.73 Å². The number of ether oxygens (including phenoxy) is 1. The summed E-state index contributed by atoms with van der Waals surface area (Å²) < 4.78 is 18.0. The van der Waals surface area contributed by atoms with E-state index < -0.39 is 29.4 Å². The molecule has 0 saturated heterocycles. The zero-order valence-electron chi connectivity index (χ0n) is 19.0. The van der Waals surface area contributed by atoms with Gasteiger partial charge in [-0.3, -0.25) is 14.4 Å². The van der Waals surface area contributed by atoms with Crippen molar-refractivity contribution in [1.82, 2.24) is 4.98 Å². The van der Waals surface area contributed by atoms with Crippen molar-refractivity contribution >= 4 is 46.9 Å². The minimum atomic E-state index is -1.18. The number of methoxy groups -OCH3 is 1. The number of carbonyl (C=O) groups excluding carboxylic acids is 3. The van der Waals surface area contributed by atoms with Gasteiger partial charge in [0.2, 0.25) is 17.6 Å². The number of hydrogen-bond donors (Lipinski definition) is 2. The van der Waals surface area contributed by atoms with Crippen LogP contribution >= 0.6 is 11.6 Å². The first kappa shape index (κ1) is 26.0. The van der Waals surface area contributed by atoms with E-state index in [0.717, 1.165) is 6.07 Å². The lowest BCUT2D eigenvalue weighted by atomic mass is 9.92. The molecular weight excluding hydrogens is 493 g/mol. The van der Waals surface area contributed by atoms with Crippen molar-refractivity contribution in [3.8, 4) is 5.88 Å². The van der Waals surface area contributed by atoms with Gasteiger partial charge in [-0.2, -0.15) is 0 Å². The average Bonchev–Trinajstić information content (AvgIpc) is 2.87. The van der Waals surface area contributed by atoms with Crippen LogP contribution < -0.4 is 15.4 Å². The number of benzene rings is 2. The number of aromatic carboxylic acids is 1. The number of aromatic nitrogens is 1. The van der Waals surface area contributed by atoms with Gasteiger partial charge in [0.05, 0.1) is 34.5 Å². The van der Waals surface area contributed by atoms with E-state index in [1.165, 1.54) is 61.7 Å². The lowest BCUT2D eigenvalue weighted by Gasteiger charge is -2.26. The van der Waals surface area contributed by atoms with E-state index in [0.29, 0.717) is 22.7 Å². The molecule has 2 amide bonds. The summed E-state index contributed by atoms with van der Waals surface area (Å²) in [5, 5.41) is 8.96. The highest BCUT2D eigenvalue weighted by Crippen LogP contribution is 2.31. The van der Waals surface area contributed by atoms with Crippen LogP contribution in [0.4, 0.5) is 10.1 Å². The van der Waals surface area contributed by atoms with Gasteiger partial charge in [0, 0.05) is 24.9 Å². The van der Waals surface area contributed by atoms with E-state index in [4.69, 9.17) is 27.2 Å². The maximum absolute atomic E-state index is 13.3. The number of fused-ring (bicyclic) bond motifs is 1. The molecule has 0 spiro atoms. The molecule has 9 nitrogen and oxygen atoms in total. The zero-order chi connectivity index (χ0) is 26.6. The third-order valence-corrected chi connectivity index (χ3v) is 5.40. The molecule has 0 saturated carbocycles.